The molecule has 0 unspecified atom stereocenters. The van der Waals surface area contributed by atoms with Gasteiger partial charge in [-0.3, -0.25) is 9.59 Å². The molecule has 0 atom stereocenters. The largest absolute Gasteiger partial charge is 0.399 e. The van der Waals surface area contributed by atoms with E-state index in [2.05, 4.69) is 0 Å². The Morgan fingerprint density at radius 3 is 2.33 bits per heavy atom. The minimum absolute atomic E-state index is 0.249. The molecule has 0 radical (unpaired) electrons. The number of rotatable bonds is 1. The topological polar surface area (TPSA) is 87.2 Å². The number of hydrogen-bond acceptors (Lipinski definition) is 4. The molecule has 0 bridgehead atoms. The maximum Gasteiger partial charge on any atom is 0.233 e. The van der Waals surface area contributed by atoms with Crippen LogP contribution in [0, 0.1) is 11.3 Å². The van der Waals surface area contributed by atoms with Crippen LogP contribution in [-0.2, 0) is 9.59 Å². The summed E-state index contributed by atoms with van der Waals surface area (Å²) in [6.45, 7) is 0. The van der Waals surface area contributed by atoms with E-state index in [0.717, 1.165) is 4.90 Å². The van der Waals surface area contributed by atoms with Crippen molar-refractivity contribution in [2.45, 2.75) is 25.7 Å². The highest BCUT2D eigenvalue weighted by molar-refractivity contribution is 6.16. The van der Waals surface area contributed by atoms with Crippen molar-refractivity contribution < 1.29 is 9.59 Å². The number of nitrogens with zero attached hydrogens (tertiary/aromatic N) is 2. The van der Waals surface area contributed by atoms with Crippen LogP contribution in [0.3, 0.4) is 0 Å². The van der Waals surface area contributed by atoms with Gasteiger partial charge in [-0.25, -0.2) is 4.90 Å². The van der Waals surface area contributed by atoms with E-state index >= 15 is 0 Å². The van der Waals surface area contributed by atoms with Gasteiger partial charge in [0.15, 0.2) is 0 Å². The van der Waals surface area contributed by atoms with Gasteiger partial charge in [-0.15, -0.1) is 0 Å². The summed E-state index contributed by atoms with van der Waals surface area (Å²) < 4.78 is 0. The summed E-state index contributed by atoms with van der Waals surface area (Å²) in [6, 6.07) is 6.58. The number of carbonyl (C=O) groups is 2. The second-order valence-corrected chi connectivity index (χ2v) is 4.22. The van der Waals surface area contributed by atoms with Crippen LogP contribution < -0.4 is 10.6 Å². The lowest BCUT2D eigenvalue weighted by Gasteiger charge is -2.20. The van der Waals surface area contributed by atoms with Gasteiger partial charge in [0.05, 0.1) is 11.3 Å². The summed E-state index contributed by atoms with van der Waals surface area (Å²) in [5, 5.41) is 9.06. The molecule has 1 heterocycles. The molecule has 92 valence electrons. The molecule has 0 aliphatic carbocycles. The van der Waals surface area contributed by atoms with Crippen molar-refractivity contribution in [3.8, 4) is 6.07 Å². The minimum Gasteiger partial charge on any atom is -0.399 e. The average Bonchev–Trinajstić information content (AvgIpc) is 2.51. The molecular formula is C13H13N3O2. The minimum atomic E-state index is -0.251. The van der Waals surface area contributed by atoms with E-state index < -0.39 is 0 Å². The van der Waals surface area contributed by atoms with Crippen molar-refractivity contribution in [2.24, 2.45) is 0 Å². The summed E-state index contributed by atoms with van der Waals surface area (Å²) in [5.74, 6) is -0.502. The Morgan fingerprint density at radius 1 is 1.17 bits per heavy atom. The predicted molar refractivity (Wildman–Crippen MR) is 66.5 cm³/mol. The molecule has 1 saturated heterocycles. The zero-order valence-electron chi connectivity index (χ0n) is 9.85. The smallest absolute Gasteiger partial charge is 0.233 e. The van der Waals surface area contributed by atoms with Crippen molar-refractivity contribution in [2.75, 3.05) is 10.6 Å². The zero-order valence-corrected chi connectivity index (χ0v) is 9.85. The van der Waals surface area contributed by atoms with Crippen LogP contribution in [0.2, 0.25) is 0 Å². The number of anilines is 2. The summed E-state index contributed by atoms with van der Waals surface area (Å²) in [5.41, 5.74) is 6.61. The van der Waals surface area contributed by atoms with E-state index in [9.17, 15) is 9.59 Å². The highest BCUT2D eigenvalue weighted by atomic mass is 16.2. The lowest BCUT2D eigenvalue weighted by atomic mass is 10.1. The number of imide groups is 1. The third-order valence-corrected chi connectivity index (χ3v) is 2.91. The highest BCUT2D eigenvalue weighted by Gasteiger charge is 2.27. The molecule has 5 heteroatoms. The summed E-state index contributed by atoms with van der Waals surface area (Å²) in [7, 11) is 0. The van der Waals surface area contributed by atoms with Crippen LogP contribution in [0.25, 0.3) is 0 Å². The Kier molecular flexibility index (Phi) is 3.28. The molecule has 2 amide bonds. The van der Waals surface area contributed by atoms with Crippen LogP contribution in [-0.4, -0.2) is 11.8 Å². The van der Waals surface area contributed by atoms with Gasteiger partial charge in [0.25, 0.3) is 0 Å². The fourth-order valence-electron chi connectivity index (χ4n) is 2.02. The van der Waals surface area contributed by atoms with Crippen molar-refractivity contribution in [1.29, 1.82) is 5.26 Å². The zero-order chi connectivity index (χ0) is 13.1. The predicted octanol–water partition coefficient (Wildman–Crippen LogP) is 1.57. The Bertz CT molecular complexity index is 528. The second-order valence-electron chi connectivity index (χ2n) is 4.22. The molecule has 0 spiro atoms. The fourth-order valence-corrected chi connectivity index (χ4v) is 2.02. The molecule has 1 aliphatic rings. The van der Waals surface area contributed by atoms with Crippen molar-refractivity contribution in [3.63, 3.8) is 0 Å². The molecule has 18 heavy (non-hydrogen) atoms. The summed E-state index contributed by atoms with van der Waals surface area (Å²) in [6.07, 6.45) is 2.08. The van der Waals surface area contributed by atoms with Crippen LogP contribution in [0.5, 0.6) is 0 Å². The Morgan fingerprint density at radius 2 is 1.78 bits per heavy atom. The molecule has 2 N–H and O–H groups in total. The summed E-state index contributed by atoms with van der Waals surface area (Å²) in [4.78, 5) is 25.0. The standard InChI is InChI=1S/C13H13N3O2/c14-8-9-7-10(15)5-6-11(9)16-12(17)3-1-2-4-13(16)18/h5-7H,1-4,15H2. The van der Waals surface area contributed by atoms with Gasteiger partial charge in [-0.05, 0) is 31.0 Å². The highest BCUT2D eigenvalue weighted by Crippen LogP contribution is 2.26. The van der Waals surface area contributed by atoms with Crippen LogP contribution >= 0.6 is 0 Å². The van der Waals surface area contributed by atoms with Gasteiger partial charge in [0, 0.05) is 18.5 Å². The van der Waals surface area contributed by atoms with Gasteiger partial charge in [-0.2, -0.15) is 5.26 Å². The number of hydrogen-bond donors (Lipinski definition) is 1. The number of carbonyl (C=O) groups excluding carboxylic acids is 2. The number of amides is 2. The van der Waals surface area contributed by atoms with Crippen molar-refractivity contribution in [3.05, 3.63) is 23.8 Å². The maximum absolute atomic E-state index is 11.9. The average molecular weight is 243 g/mol. The van der Waals surface area contributed by atoms with Gasteiger partial charge in [-0.1, -0.05) is 0 Å². The fraction of sp³-hybridized carbons (Fsp3) is 0.308. The molecule has 1 aliphatic heterocycles. The summed E-state index contributed by atoms with van der Waals surface area (Å²) >= 11 is 0. The van der Waals surface area contributed by atoms with Crippen LogP contribution in [0.4, 0.5) is 11.4 Å². The van der Waals surface area contributed by atoms with E-state index in [1.165, 1.54) is 6.07 Å². The van der Waals surface area contributed by atoms with Crippen LogP contribution in [0.15, 0.2) is 18.2 Å². The number of benzene rings is 1. The number of nitriles is 1. The van der Waals surface area contributed by atoms with Crippen molar-refractivity contribution in [1.82, 2.24) is 0 Å². The van der Waals surface area contributed by atoms with E-state index in [0.29, 0.717) is 37.1 Å². The molecular weight excluding hydrogens is 230 g/mol. The maximum atomic E-state index is 11.9. The number of nitrogen functional groups attached to an aromatic ring is 1. The lowest BCUT2D eigenvalue weighted by Crippen LogP contribution is -2.35. The molecule has 5 nitrogen and oxygen atoms in total. The molecule has 1 aromatic carbocycles. The third kappa shape index (κ3) is 2.18. The van der Waals surface area contributed by atoms with Gasteiger partial charge < -0.3 is 5.73 Å². The first-order chi connectivity index (χ1) is 8.63. The monoisotopic (exact) mass is 243 g/mol. The first kappa shape index (κ1) is 12.1. The Balaban J connectivity index is 2.49. The van der Waals surface area contributed by atoms with Crippen molar-refractivity contribution >= 4 is 23.2 Å². The third-order valence-electron chi connectivity index (χ3n) is 2.91. The van der Waals surface area contributed by atoms with E-state index in [1.807, 2.05) is 6.07 Å². The van der Waals surface area contributed by atoms with Gasteiger partial charge in [0.1, 0.15) is 6.07 Å². The number of nitrogens with two attached hydrogens (primary N) is 1. The second kappa shape index (κ2) is 4.88. The van der Waals surface area contributed by atoms with Crippen LogP contribution in [0.1, 0.15) is 31.2 Å². The Labute approximate surface area is 105 Å². The lowest BCUT2D eigenvalue weighted by molar-refractivity contribution is -0.125. The Hall–Kier alpha value is -2.35. The molecule has 2 rings (SSSR count). The van der Waals surface area contributed by atoms with Gasteiger partial charge in [0.2, 0.25) is 11.8 Å². The molecule has 1 fully saturated rings. The molecule has 0 saturated carbocycles. The van der Waals surface area contributed by atoms with E-state index in [1.54, 1.807) is 12.1 Å². The van der Waals surface area contributed by atoms with E-state index in [4.69, 9.17) is 11.0 Å². The SMILES string of the molecule is N#Cc1cc(N)ccc1N1C(=O)CCCCC1=O. The molecule has 0 aromatic heterocycles. The van der Waals surface area contributed by atoms with Gasteiger partial charge >= 0.3 is 0 Å². The van der Waals surface area contributed by atoms with E-state index in [-0.39, 0.29) is 17.4 Å². The molecule has 1 aromatic rings. The first-order valence-electron chi connectivity index (χ1n) is 5.79. The normalized spacial score (nSPS) is 16.3. The first-order valence-corrected chi connectivity index (χ1v) is 5.79. The quantitative estimate of drug-likeness (QED) is 0.599.